The molecule has 170 valence electrons. The van der Waals surface area contributed by atoms with Gasteiger partial charge in [-0.25, -0.2) is 4.39 Å². The maximum atomic E-state index is 14.3. The number of amides is 1. The molecule has 4 nitrogen and oxygen atoms in total. The first-order chi connectivity index (χ1) is 16.5. The molecule has 4 aromatic rings. The second-order valence-corrected chi connectivity index (χ2v) is 9.44. The Morgan fingerprint density at radius 3 is 2.53 bits per heavy atom. The summed E-state index contributed by atoms with van der Waals surface area (Å²) < 4.78 is 22.3. The number of halogens is 1. The van der Waals surface area contributed by atoms with Crippen LogP contribution in [0.15, 0.2) is 83.9 Å². The highest BCUT2D eigenvalue weighted by Gasteiger charge is 2.33. The molecule has 1 saturated heterocycles. The fourth-order valence-corrected chi connectivity index (χ4v) is 5.31. The van der Waals surface area contributed by atoms with Crippen molar-refractivity contribution in [2.45, 2.75) is 13.5 Å². The van der Waals surface area contributed by atoms with E-state index < -0.39 is 0 Å². The summed E-state index contributed by atoms with van der Waals surface area (Å²) >= 11 is 6.81. The zero-order valence-corrected chi connectivity index (χ0v) is 20.0. The fraction of sp³-hybridized carbons (Fsp3) is 0.111. The molecule has 34 heavy (non-hydrogen) atoms. The zero-order valence-electron chi connectivity index (χ0n) is 18.4. The Morgan fingerprint density at radius 1 is 1.03 bits per heavy atom. The number of fused-ring (bicyclic) bond motifs is 1. The minimum absolute atomic E-state index is 0.162. The Labute approximate surface area is 206 Å². The van der Waals surface area contributed by atoms with Crippen LogP contribution in [0, 0.1) is 5.82 Å². The summed E-state index contributed by atoms with van der Waals surface area (Å²) in [7, 11) is 0. The van der Waals surface area contributed by atoms with E-state index >= 15 is 0 Å². The topological polar surface area (TPSA) is 34.5 Å². The summed E-state index contributed by atoms with van der Waals surface area (Å²) in [6, 6.07) is 22.0. The van der Waals surface area contributed by atoms with Gasteiger partial charge in [0.05, 0.1) is 23.7 Å². The summed E-state index contributed by atoms with van der Waals surface area (Å²) in [5.41, 5.74) is 3.17. The average Bonchev–Trinajstić information content (AvgIpc) is 3.32. The maximum absolute atomic E-state index is 14.3. The summed E-state index contributed by atoms with van der Waals surface area (Å²) in [5.74, 6) is 0.345. The van der Waals surface area contributed by atoms with Gasteiger partial charge in [0.1, 0.15) is 11.6 Å². The van der Waals surface area contributed by atoms with E-state index in [1.54, 1.807) is 17.0 Å². The summed E-state index contributed by atoms with van der Waals surface area (Å²) in [6.45, 7) is 2.90. The molecule has 1 fully saturated rings. The number of aromatic nitrogens is 1. The Morgan fingerprint density at radius 2 is 1.76 bits per heavy atom. The zero-order chi connectivity index (χ0) is 23.7. The molecule has 0 spiro atoms. The molecule has 0 atom stereocenters. The lowest BCUT2D eigenvalue weighted by atomic mass is 10.1. The minimum atomic E-state index is -0.238. The van der Waals surface area contributed by atoms with Crippen LogP contribution in [0.5, 0.6) is 5.75 Å². The van der Waals surface area contributed by atoms with Crippen LogP contribution in [0.3, 0.4) is 0 Å². The molecule has 3 aromatic carbocycles. The minimum Gasteiger partial charge on any atom is -0.494 e. The van der Waals surface area contributed by atoms with Crippen molar-refractivity contribution < 1.29 is 13.9 Å². The number of hydrogen-bond acceptors (Lipinski definition) is 4. The molecule has 7 heteroatoms. The van der Waals surface area contributed by atoms with E-state index in [0.717, 1.165) is 22.2 Å². The third-order valence-electron chi connectivity index (χ3n) is 5.60. The van der Waals surface area contributed by atoms with Crippen molar-refractivity contribution in [2.75, 3.05) is 11.5 Å². The highest BCUT2D eigenvalue weighted by Crippen LogP contribution is 2.37. The third kappa shape index (κ3) is 4.24. The number of ether oxygens (including phenoxy) is 1. The monoisotopic (exact) mass is 488 g/mol. The number of para-hydroxylation sites is 1. The molecule has 1 aliphatic heterocycles. The van der Waals surface area contributed by atoms with Gasteiger partial charge >= 0.3 is 0 Å². The smallest absolute Gasteiger partial charge is 0.270 e. The van der Waals surface area contributed by atoms with Crippen molar-refractivity contribution in [1.29, 1.82) is 0 Å². The molecule has 0 radical (unpaired) electrons. The van der Waals surface area contributed by atoms with Crippen LogP contribution in [0.1, 0.15) is 18.1 Å². The van der Waals surface area contributed by atoms with Crippen LogP contribution in [-0.4, -0.2) is 21.4 Å². The van der Waals surface area contributed by atoms with Gasteiger partial charge in [0.15, 0.2) is 4.32 Å². The maximum Gasteiger partial charge on any atom is 0.270 e. The molecule has 5 rings (SSSR count). The Kier molecular flexibility index (Phi) is 6.22. The van der Waals surface area contributed by atoms with E-state index in [9.17, 15) is 9.18 Å². The molecular formula is C27H21FN2O2S2. The van der Waals surface area contributed by atoms with Crippen LogP contribution in [0.4, 0.5) is 10.1 Å². The molecule has 0 bridgehead atoms. The Balaban J connectivity index is 1.48. The van der Waals surface area contributed by atoms with Crippen LogP contribution < -0.4 is 9.64 Å². The van der Waals surface area contributed by atoms with Crippen molar-refractivity contribution in [2.24, 2.45) is 0 Å². The molecule has 0 N–H and O–H groups in total. The summed E-state index contributed by atoms with van der Waals surface area (Å²) in [5, 5.41) is 0.991. The van der Waals surface area contributed by atoms with Gasteiger partial charge in [0, 0.05) is 28.2 Å². The quantitative estimate of drug-likeness (QED) is 0.225. The van der Waals surface area contributed by atoms with Crippen LogP contribution in [0.25, 0.3) is 17.0 Å². The first-order valence-electron chi connectivity index (χ1n) is 10.9. The lowest BCUT2D eigenvalue weighted by Gasteiger charge is -2.15. The molecule has 2 heterocycles. The second kappa shape index (κ2) is 9.44. The van der Waals surface area contributed by atoms with Crippen LogP contribution in [0.2, 0.25) is 0 Å². The second-order valence-electron chi connectivity index (χ2n) is 7.76. The van der Waals surface area contributed by atoms with Gasteiger partial charge < -0.3 is 9.30 Å². The van der Waals surface area contributed by atoms with Crippen molar-refractivity contribution in [1.82, 2.24) is 4.57 Å². The first kappa shape index (κ1) is 22.4. The number of rotatable bonds is 6. The predicted octanol–water partition coefficient (Wildman–Crippen LogP) is 6.63. The van der Waals surface area contributed by atoms with E-state index in [0.29, 0.717) is 33.6 Å². The van der Waals surface area contributed by atoms with E-state index in [1.807, 2.05) is 78.4 Å². The number of anilines is 1. The molecule has 0 unspecified atom stereocenters. The number of benzene rings is 3. The lowest BCUT2D eigenvalue weighted by molar-refractivity contribution is -0.113. The standard InChI is InChI=1S/C27H21FN2O2S2/c1-2-32-21-13-11-20(12-14-21)30-26(31)25(34-27(30)33)15-19-17-29(24-10-6-4-8-22(19)24)16-18-7-3-5-9-23(18)28/h3-15,17H,2,16H2,1H3/b25-15-. The number of thiocarbonyl (C=S) groups is 1. The van der Waals surface area contributed by atoms with Gasteiger partial charge in [-0.3, -0.25) is 9.69 Å². The van der Waals surface area contributed by atoms with E-state index in [-0.39, 0.29) is 11.7 Å². The number of thioether (sulfide) groups is 1. The molecule has 0 aliphatic carbocycles. The highest BCUT2D eigenvalue weighted by molar-refractivity contribution is 8.27. The van der Waals surface area contributed by atoms with Crippen molar-refractivity contribution in [3.63, 3.8) is 0 Å². The number of carbonyl (C=O) groups excluding carboxylic acids is 1. The molecule has 1 aliphatic rings. The molecule has 1 amide bonds. The summed E-state index contributed by atoms with van der Waals surface area (Å²) in [4.78, 5) is 15.4. The van der Waals surface area contributed by atoms with Gasteiger partial charge in [-0.05, 0) is 49.4 Å². The molecule has 0 saturated carbocycles. The van der Waals surface area contributed by atoms with Crippen LogP contribution >= 0.6 is 24.0 Å². The number of nitrogens with zero attached hydrogens (tertiary/aromatic N) is 2. The van der Waals surface area contributed by atoms with Gasteiger partial charge in [0.2, 0.25) is 0 Å². The Bertz CT molecular complexity index is 1430. The molecular weight excluding hydrogens is 467 g/mol. The van der Waals surface area contributed by atoms with Gasteiger partial charge in [-0.1, -0.05) is 60.4 Å². The third-order valence-corrected chi connectivity index (χ3v) is 6.91. The fourth-order valence-electron chi connectivity index (χ4n) is 4.02. The van der Waals surface area contributed by atoms with E-state index in [2.05, 4.69) is 0 Å². The van der Waals surface area contributed by atoms with Crippen LogP contribution in [-0.2, 0) is 11.3 Å². The predicted molar refractivity (Wildman–Crippen MR) is 141 cm³/mol. The molecule has 1 aromatic heterocycles. The Hall–Kier alpha value is -3.42. The van der Waals surface area contributed by atoms with Gasteiger partial charge in [-0.15, -0.1) is 0 Å². The van der Waals surface area contributed by atoms with Gasteiger partial charge in [-0.2, -0.15) is 0 Å². The average molecular weight is 489 g/mol. The van der Waals surface area contributed by atoms with E-state index in [4.69, 9.17) is 17.0 Å². The van der Waals surface area contributed by atoms with Crippen molar-refractivity contribution >= 4 is 56.9 Å². The largest absolute Gasteiger partial charge is 0.494 e. The number of carbonyl (C=O) groups is 1. The first-order valence-corrected chi connectivity index (χ1v) is 12.1. The highest BCUT2D eigenvalue weighted by atomic mass is 32.2. The van der Waals surface area contributed by atoms with Crippen molar-refractivity contribution in [3.8, 4) is 5.75 Å². The van der Waals surface area contributed by atoms with E-state index in [1.165, 1.54) is 17.8 Å². The number of hydrogen-bond donors (Lipinski definition) is 0. The normalized spacial score (nSPS) is 15.0. The van der Waals surface area contributed by atoms with Gasteiger partial charge in [0.25, 0.3) is 5.91 Å². The van der Waals surface area contributed by atoms with Crippen molar-refractivity contribution in [3.05, 3.63) is 101 Å². The SMILES string of the molecule is CCOc1ccc(N2C(=O)/C(=C/c3cn(Cc4ccccc4F)c4ccccc34)SC2=S)cc1. The lowest BCUT2D eigenvalue weighted by Crippen LogP contribution is -2.27. The summed E-state index contributed by atoms with van der Waals surface area (Å²) in [6.07, 6.45) is 3.83.